The quantitative estimate of drug-likeness (QED) is 0.304. The highest BCUT2D eigenvalue weighted by atomic mass is 16.5. The number of ether oxygens (including phenoxy) is 1. The predicted octanol–water partition coefficient (Wildman–Crippen LogP) is -0.923. The molecule has 0 aromatic heterocycles. The maximum Gasteiger partial charge on any atom is 0.319 e. The van der Waals surface area contributed by atoms with Gasteiger partial charge in [0.05, 0.1) is 13.2 Å². The van der Waals surface area contributed by atoms with E-state index in [4.69, 9.17) is 5.73 Å². The molecule has 0 heterocycles. The molecule has 0 aromatic carbocycles. The van der Waals surface area contributed by atoms with E-state index >= 15 is 0 Å². The fourth-order valence-electron chi connectivity index (χ4n) is 0.280. The number of hydrogen-bond donors (Lipinski definition) is 1. The molecule has 0 spiro atoms. The van der Waals surface area contributed by atoms with E-state index in [0.717, 1.165) is 0 Å². The molecular weight excluding hydrogens is 122 g/mol. The van der Waals surface area contributed by atoms with Crippen molar-refractivity contribution in [1.82, 2.24) is 0 Å². The molecule has 52 valence electrons. The Morgan fingerprint density at radius 1 is 1.67 bits per heavy atom. The van der Waals surface area contributed by atoms with Crippen LogP contribution in [-0.4, -0.2) is 25.4 Å². The minimum Gasteiger partial charge on any atom is -0.464 e. The fraction of sp³-hybridized carbons (Fsp3) is 0.600. The number of carbonyl (C=O) groups is 2. The van der Waals surface area contributed by atoms with Gasteiger partial charge in [-0.2, -0.15) is 0 Å². The summed E-state index contributed by atoms with van der Waals surface area (Å²) < 4.78 is 4.44. The molecule has 0 aliphatic rings. The lowest BCUT2D eigenvalue weighted by molar-refractivity contribution is -0.142. The molecule has 0 saturated carbocycles. The zero-order valence-corrected chi connectivity index (χ0v) is 5.00. The Labute approximate surface area is 53.0 Å². The molecule has 0 bridgehead atoms. The first-order valence-corrected chi connectivity index (χ1v) is 2.60. The lowest BCUT2D eigenvalue weighted by atomic mass is 10.5. The third kappa shape index (κ3) is 4.96. The third-order valence-electron chi connectivity index (χ3n) is 0.665. The normalized spacial score (nSPS) is 8.56. The van der Waals surface area contributed by atoms with Gasteiger partial charge in [0, 0.05) is 6.42 Å². The first-order valence-electron chi connectivity index (χ1n) is 2.60. The van der Waals surface area contributed by atoms with Gasteiger partial charge in [-0.1, -0.05) is 0 Å². The summed E-state index contributed by atoms with van der Waals surface area (Å²) in [6.45, 7) is 0.0123. The maximum absolute atomic E-state index is 10.2. The summed E-state index contributed by atoms with van der Waals surface area (Å²) >= 11 is 0. The van der Waals surface area contributed by atoms with Gasteiger partial charge in [0.2, 0.25) is 0 Å². The van der Waals surface area contributed by atoms with E-state index in [1.165, 1.54) is 0 Å². The smallest absolute Gasteiger partial charge is 0.319 e. The predicted molar refractivity (Wildman–Crippen MR) is 30.7 cm³/mol. The molecule has 0 rings (SSSR count). The Hall–Kier alpha value is -0.900. The molecule has 0 aliphatic carbocycles. The molecule has 0 atom stereocenters. The van der Waals surface area contributed by atoms with Crippen LogP contribution in [-0.2, 0) is 14.3 Å². The second kappa shape index (κ2) is 5.24. The van der Waals surface area contributed by atoms with Crippen LogP contribution >= 0.6 is 0 Å². The Balaban J connectivity index is 3.06. The molecule has 0 unspecified atom stereocenters. The zero-order chi connectivity index (χ0) is 7.11. The summed E-state index contributed by atoms with van der Waals surface area (Å²) in [5.41, 5.74) is 4.89. The van der Waals surface area contributed by atoms with E-state index in [0.29, 0.717) is 6.29 Å². The standard InChI is InChI=1S/C5H9NO3/c6-4-5(8)9-3-1-2-7/h2H,1,3-4,6H2. The van der Waals surface area contributed by atoms with Gasteiger partial charge in [-0.25, -0.2) is 0 Å². The van der Waals surface area contributed by atoms with Gasteiger partial charge < -0.3 is 15.3 Å². The van der Waals surface area contributed by atoms with E-state index < -0.39 is 5.97 Å². The summed E-state index contributed by atoms with van der Waals surface area (Å²) in [5.74, 6) is -0.475. The van der Waals surface area contributed by atoms with Crippen LogP contribution in [0.25, 0.3) is 0 Å². The number of carbonyl (C=O) groups excluding carboxylic acids is 2. The molecule has 4 heteroatoms. The molecule has 0 fully saturated rings. The average molecular weight is 131 g/mol. The van der Waals surface area contributed by atoms with Gasteiger partial charge in [-0.3, -0.25) is 4.79 Å². The number of hydrogen-bond acceptors (Lipinski definition) is 4. The Morgan fingerprint density at radius 3 is 2.78 bits per heavy atom. The Morgan fingerprint density at radius 2 is 2.33 bits per heavy atom. The van der Waals surface area contributed by atoms with E-state index in [1.807, 2.05) is 0 Å². The van der Waals surface area contributed by atoms with Crippen LogP contribution in [0.15, 0.2) is 0 Å². The van der Waals surface area contributed by atoms with Gasteiger partial charge in [0.1, 0.15) is 6.29 Å². The van der Waals surface area contributed by atoms with Gasteiger partial charge in [0.15, 0.2) is 0 Å². The van der Waals surface area contributed by atoms with Crippen LogP contribution in [0.1, 0.15) is 6.42 Å². The molecule has 0 radical (unpaired) electrons. The third-order valence-corrected chi connectivity index (χ3v) is 0.665. The summed E-state index contributed by atoms with van der Waals surface area (Å²) in [5, 5.41) is 0. The average Bonchev–Trinajstić information content (AvgIpc) is 1.89. The first kappa shape index (κ1) is 8.10. The van der Waals surface area contributed by atoms with E-state index in [9.17, 15) is 9.59 Å². The SMILES string of the molecule is NCC(=O)OCCC=O. The number of esters is 1. The van der Waals surface area contributed by atoms with Crippen LogP contribution < -0.4 is 5.73 Å². The second-order valence-electron chi connectivity index (χ2n) is 1.38. The monoisotopic (exact) mass is 131 g/mol. The lowest BCUT2D eigenvalue weighted by Gasteiger charge is -1.96. The largest absolute Gasteiger partial charge is 0.464 e. The zero-order valence-electron chi connectivity index (χ0n) is 5.00. The summed E-state index contributed by atoms with van der Waals surface area (Å²) in [7, 11) is 0. The topological polar surface area (TPSA) is 69.4 Å². The van der Waals surface area contributed by atoms with Gasteiger partial charge in [-0.15, -0.1) is 0 Å². The maximum atomic E-state index is 10.2. The number of rotatable bonds is 4. The van der Waals surface area contributed by atoms with Crippen molar-refractivity contribution in [3.63, 3.8) is 0 Å². The van der Waals surface area contributed by atoms with Crippen molar-refractivity contribution in [3.8, 4) is 0 Å². The minimum absolute atomic E-state index is 0.126. The molecule has 0 aromatic rings. The van der Waals surface area contributed by atoms with Crippen molar-refractivity contribution in [1.29, 1.82) is 0 Å². The van der Waals surface area contributed by atoms with Crippen molar-refractivity contribution in [2.75, 3.05) is 13.2 Å². The van der Waals surface area contributed by atoms with E-state index in [-0.39, 0.29) is 19.6 Å². The summed E-state index contributed by atoms with van der Waals surface area (Å²) in [6.07, 6.45) is 0.926. The molecule has 4 nitrogen and oxygen atoms in total. The molecule has 2 N–H and O–H groups in total. The molecular formula is C5H9NO3. The van der Waals surface area contributed by atoms with Crippen LogP contribution in [0.5, 0.6) is 0 Å². The van der Waals surface area contributed by atoms with Crippen molar-refractivity contribution in [2.45, 2.75) is 6.42 Å². The van der Waals surface area contributed by atoms with Crippen molar-refractivity contribution in [2.24, 2.45) is 5.73 Å². The highest BCUT2D eigenvalue weighted by Crippen LogP contribution is 1.77. The Kier molecular flexibility index (Phi) is 4.72. The van der Waals surface area contributed by atoms with Crippen molar-refractivity contribution in [3.05, 3.63) is 0 Å². The highest BCUT2D eigenvalue weighted by Gasteiger charge is 1.95. The molecule has 0 saturated heterocycles. The molecule has 0 amide bonds. The molecule has 0 aliphatic heterocycles. The first-order chi connectivity index (χ1) is 4.31. The van der Waals surface area contributed by atoms with Crippen LogP contribution in [0.3, 0.4) is 0 Å². The van der Waals surface area contributed by atoms with Crippen LogP contribution in [0.2, 0.25) is 0 Å². The van der Waals surface area contributed by atoms with E-state index in [2.05, 4.69) is 4.74 Å². The summed E-state index contributed by atoms with van der Waals surface area (Å²) in [4.78, 5) is 19.9. The van der Waals surface area contributed by atoms with Crippen LogP contribution in [0, 0.1) is 0 Å². The highest BCUT2D eigenvalue weighted by molar-refractivity contribution is 5.71. The van der Waals surface area contributed by atoms with E-state index in [1.54, 1.807) is 0 Å². The lowest BCUT2D eigenvalue weighted by Crippen LogP contribution is -2.17. The van der Waals surface area contributed by atoms with Gasteiger partial charge in [0.25, 0.3) is 0 Å². The van der Waals surface area contributed by atoms with Crippen molar-refractivity contribution < 1.29 is 14.3 Å². The van der Waals surface area contributed by atoms with Crippen LogP contribution in [0.4, 0.5) is 0 Å². The number of aldehydes is 1. The Bertz CT molecular complexity index is 102. The molecule has 9 heavy (non-hydrogen) atoms. The van der Waals surface area contributed by atoms with Gasteiger partial charge >= 0.3 is 5.97 Å². The van der Waals surface area contributed by atoms with Crippen molar-refractivity contribution >= 4 is 12.3 Å². The second-order valence-corrected chi connectivity index (χ2v) is 1.38. The van der Waals surface area contributed by atoms with Gasteiger partial charge in [-0.05, 0) is 0 Å². The summed E-state index contributed by atoms with van der Waals surface area (Å²) in [6, 6.07) is 0. The number of nitrogens with two attached hydrogens (primary N) is 1. The minimum atomic E-state index is -0.475. The fourth-order valence-corrected chi connectivity index (χ4v) is 0.280.